The van der Waals surface area contributed by atoms with Gasteiger partial charge in [0.2, 0.25) is 0 Å². The zero-order valence-corrected chi connectivity index (χ0v) is 19.4. The maximum Gasteiger partial charge on any atom is 0.189 e. The van der Waals surface area contributed by atoms with E-state index in [0.717, 1.165) is 22.0 Å². The standard InChI is InChI=1S/C24H25FN4OS2/c1-2-12-24(30,18-8-4-3-5-9-18)17-29-14-11-20(19(25)16-29)31-22-15-27-23(32-22)28-21-10-6-7-13-26-21/h3-11,13-15,30H,2,12,16-17H2,1H3,(H,26,27,28). The van der Waals surface area contributed by atoms with E-state index in [4.69, 9.17) is 0 Å². The Kier molecular flexibility index (Phi) is 7.24. The third kappa shape index (κ3) is 5.56. The molecule has 1 aliphatic heterocycles. The number of thioether (sulfide) groups is 1. The van der Waals surface area contributed by atoms with Gasteiger partial charge in [-0.15, -0.1) is 0 Å². The molecule has 0 saturated heterocycles. The van der Waals surface area contributed by atoms with Gasteiger partial charge in [-0.1, -0.05) is 72.8 Å². The highest BCUT2D eigenvalue weighted by molar-refractivity contribution is 8.05. The van der Waals surface area contributed by atoms with E-state index >= 15 is 0 Å². The first-order valence-electron chi connectivity index (χ1n) is 10.5. The molecule has 0 saturated carbocycles. The molecule has 1 unspecified atom stereocenters. The van der Waals surface area contributed by atoms with Crippen LogP contribution in [0.4, 0.5) is 15.3 Å². The Morgan fingerprint density at radius 3 is 2.72 bits per heavy atom. The summed E-state index contributed by atoms with van der Waals surface area (Å²) in [5, 5.41) is 15.2. The van der Waals surface area contributed by atoms with Crippen molar-refractivity contribution in [1.82, 2.24) is 14.9 Å². The van der Waals surface area contributed by atoms with E-state index < -0.39 is 5.60 Å². The minimum Gasteiger partial charge on any atom is -0.383 e. The summed E-state index contributed by atoms with van der Waals surface area (Å²) in [6.45, 7) is 2.52. The maximum absolute atomic E-state index is 14.9. The van der Waals surface area contributed by atoms with Crippen LogP contribution in [0.5, 0.6) is 0 Å². The first-order valence-corrected chi connectivity index (χ1v) is 12.1. The molecular formula is C24H25FN4OS2. The van der Waals surface area contributed by atoms with E-state index in [0.29, 0.717) is 23.0 Å². The number of hydrogen-bond acceptors (Lipinski definition) is 7. The van der Waals surface area contributed by atoms with Gasteiger partial charge >= 0.3 is 0 Å². The number of nitrogens with zero attached hydrogens (tertiary/aromatic N) is 3. The van der Waals surface area contributed by atoms with Crippen LogP contribution in [-0.2, 0) is 5.60 Å². The lowest BCUT2D eigenvalue weighted by molar-refractivity contribution is 0.00249. The second kappa shape index (κ2) is 10.3. The van der Waals surface area contributed by atoms with Gasteiger partial charge in [-0.25, -0.2) is 14.4 Å². The Labute approximate surface area is 195 Å². The van der Waals surface area contributed by atoms with Crippen LogP contribution in [0.15, 0.2) is 88.1 Å². The number of β-amino-alcohol motifs (C(OH)–C–C–N with tert-alkyl or cyclic N) is 1. The lowest BCUT2D eigenvalue weighted by atomic mass is 9.88. The van der Waals surface area contributed by atoms with Gasteiger partial charge < -0.3 is 15.3 Å². The first-order chi connectivity index (χ1) is 15.6. The lowest BCUT2D eigenvalue weighted by Crippen LogP contribution is -2.40. The summed E-state index contributed by atoms with van der Waals surface area (Å²) < 4.78 is 15.8. The number of aliphatic hydroxyl groups is 1. The Hall–Kier alpha value is -2.68. The van der Waals surface area contributed by atoms with Crippen molar-refractivity contribution in [2.45, 2.75) is 29.6 Å². The van der Waals surface area contributed by atoms with Gasteiger partial charge in [-0.3, -0.25) is 0 Å². The van der Waals surface area contributed by atoms with Crippen LogP contribution in [0.3, 0.4) is 0 Å². The molecule has 3 aromatic rings. The molecule has 0 spiro atoms. The molecule has 0 radical (unpaired) electrons. The number of anilines is 2. The molecule has 1 aromatic carbocycles. The monoisotopic (exact) mass is 468 g/mol. The zero-order valence-electron chi connectivity index (χ0n) is 17.7. The molecule has 32 heavy (non-hydrogen) atoms. The highest BCUT2D eigenvalue weighted by Gasteiger charge is 2.31. The molecule has 166 valence electrons. The molecule has 0 amide bonds. The number of rotatable bonds is 9. The highest BCUT2D eigenvalue weighted by Crippen LogP contribution is 2.38. The average molecular weight is 469 g/mol. The number of allylic oxidation sites excluding steroid dienone is 1. The summed E-state index contributed by atoms with van der Waals surface area (Å²) in [6.07, 6.45) is 8.53. The highest BCUT2D eigenvalue weighted by atomic mass is 32.2. The van der Waals surface area contributed by atoms with Gasteiger partial charge in [-0.05, 0) is 30.2 Å². The van der Waals surface area contributed by atoms with E-state index in [1.165, 1.54) is 23.1 Å². The minimum atomic E-state index is -1.02. The maximum atomic E-state index is 14.9. The number of pyridine rings is 1. The van der Waals surface area contributed by atoms with Crippen LogP contribution in [0.2, 0.25) is 0 Å². The summed E-state index contributed by atoms with van der Waals surface area (Å²) in [6, 6.07) is 15.2. The molecule has 4 rings (SSSR count). The second-order valence-corrected chi connectivity index (χ2v) is 9.94. The molecule has 3 heterocycles. The van der Waals surface area contributed by atoms with Gasteiger partial charge in [0.1, 0.15) is 17.2 Å². The molecule has 0 fully saturated rings. The van der Waals surface area contributed by atoms with Crippen LogP contribution in [-0.4, -0.2) is 33.1 Å². The molecule has 8 heteroatoms. The van der Waals surface area contributed by atoms with Crippen LogP contribution >= 0.6 is 23.1 Å². The predicted molar refractivity (Wildman–Crippen MR) is 130 cm³/mol. The number of hydrogen-bond donors (Lipinski definition) is 2. The van der Waals surface area contributed by atoms with Crippen LogP contribution in [0.25, 0.3) is 0 Å². The molecule has 1 atom stereocenters. The van der Waals surface area contributed by atoms with Crippen LogP contribution in [0, 0.1) is 0 Å². The zero-order chi connectivity index (χ0) is 22.4. The minimum absolute atomic E-state index is 0.134. The van der Waals surface area contributed by atoms with E-state index in [1.807, 2.05) is 66.6 Å². The third-order valence-corrected chi connectivity index (χ3v) is 7.17. The van der Waals surface area contributed by atoms with Gasteiger partial charge in [-0.2, -0.15) is 0 Å². The molecule has 1 aliphatic rings. The SMILES string of the molecule is CCCC(O)(CN1C=CC(Sc2cnc(Nc3ccccn3)s2)=C(F)C1)c1ccccc1. The number of benzene rings is 1. The quantitative estimate of drug-likeness (QED) is 0.397. The Bertz CT molecular complexity index is 1090. The number of thiazole rings is 1. The van der Waals surface area contributed by atoms with Gasteiger partial charge in [0, 0.05) is 17.3 Å². The topological polar surface area (TPSA) is 61.3 Å². The largest absolute Gasteiger partial charge is 0.383 e. The number of aromatic nitrogens is 2. The Morgan fingerprint density at radius 2 is 2.00 bits per heavy atom. The first kappa shape index (κ1) is 22.5. The fourth-order valence-corrected chi connectivity index (χ4v) is 5.46. The van der Waals surface area contributed by atoms with Gasteiger partial charge in [0.15, 0.2) is 5.13 Å². The number of halogens is 1. The molecule has 0 bridgehead atoms. The van der Waals surface area contributed by atoms with E-state index in [1.54, 1.807) is 18.5 Å². The van der Waals surface area contributed by atoms with Crippen molar-refractivity contribution in [3.63, 3.8) is 0 Å². The van der Waals surface area contributed by atoms with Crippen molar-refractivity contribution < 1.29 is 9.50 Å². The van der Waals surface area contributed by atoms with Crippen molar-refractivity contribution in [1.29, 1.82) is 0 Å². The molecule has 2 N–H and O–H groups in total. The number of nitrogens with one attached hydrogen (secondary N) is 1. The fraction of sp³-hybridized carbons (Fsp3) is 0.250. The molecule has 0 aliphatic carbocycles. The normalized spacial score (nSPS) is 15.7. The third-order valence-electron chi connectivity index (χ3n) is 5.08. The van der Waals surface area contributed by atoms with E-state index in [9.17, 15) is 9.50 Å². The van der Waals surface area contributed by atoms with Crippen molar-refractivity contribution in [2.75, 3.05) is 18.4 Å². The summed E-state index contributed by atoms with van der Waals surface area (Å²) in [5.41, 5.74) is -0.160. The van der Waals surface area contributed by atoms with Crippen molar-refractivity contribution in [3.8, 4) is 0 Å². The molecule has 2 aromatic heterocycles. The second-order valence-electron chi connectivity index (χ2n) is 7.56. The summed E-state index contributed by atoms with van der Waals surface area (Å²) in [4.78, 5) is 11.0. The summed E-state index contributed by atoms with van der Waals surface area (Å²) in [5.74, 6) is 0.507. The Morgan fingerprint density at radius 1 is 1.19 bits per heavy atom. The molecule has 5 nitrogen and oxygen atoms in total. The molecular weight excluding hydrogens is 443 g/mol. The van der Waals surface area contributed by atoms with Crippen molar-refractivity contribution in [2.24, 2.45) is 0 Å². The van der Waals surface area contributed by atoms with Gasteiger partial charge in [0.05, 0.1) is 23.5 Å². The van der Waals surface area contributed by atoms with Crippen molar-refractivity contribution in [3.05, 3.63) is 89.5 Å². The van der Waals surface area contributed by atoms with E-state index in [-0.39, 0.29) is 12.4 Å². The van der Waals surface area contributed by atoms with Crippen molar-refractivity contribution >= 4 is 34.0 Å². The average Bonchev–Trinajstić information content (AvgIpc) is 3.24. The summed E-state index contributed by atoms with van der Waals surface area (Å²) in [7, 11) is 0. The Balaban J connectivity index is 1.40. The lowest BCUT2D eigenvalue weighted by Gasteiger charge is -2.35. The van der Waals surface area contributed by atoms with Crippen LogP contribution in [0.1, 0.15) is 25.3 Å². The fourth-order valence-electron chi connectivity index (χ4n) is 3.60. The van der Waals surface area contributed by atoms with Gasteiger partial charge in [0.25, 0.3) is 0 Å². The smallest absolute Gasteiger partial charge is 0.189 e. The van der Waals surface area contributed by atoms with Crippen LogP contribution < -0.4 is 5.32 Å². The van der Waals surface area contributed by atoms with E-state index in [2.05, 4.69) is 15.3 Å². The predicted octanol–water partition coefficient (Wildman–Crippen LogP) is 6.07. The summed E-state index contributed by atoms with van der Waals surface area (Å²) >= 11 is 2.81.